The van der Waals surface area contributed by atoms with Crippen LogP contribution in [0.5, 0.6) is 11.8 Å². The molecule has 2 unspecified atom stereocenters. The third kappa shape index (κ3) is 15.5. The van der Waals surface area contributed by atoms with Gasteiger partial charge in [0, 0.05) is 68.1 Å². The fraction of sp³-hybridized carbons (Fsp3) is 0.639. The zero-order valence-corrected chi connectivity index (χ0v) is 46.0. The first kappa shape index (κ1) is 58.4. The summed E-state index contributed by atoms with van der Waals surface area (Å²) < 4.78 is 77.0. The number of benzene rings is 2. The minimum atomic E-state index is -1.23. The first-order valence-electron chi connectivity index (χ1n) is 29.3. The minimum Gasteiger partial charge on any atom is -0.462 e. The van der Waals surface area contributed by atoms with Gasteiger partial charge in [-0.25, -0.2) is 18.0 Å². The molecule has 4 atom stereocenters. The largest absolute Gasteiger partial charge is 0.514 e. The Kier molecular flexibility index (Phi) is 21.7. The Morgan fingerprint density at radius 2 is 1.44 bits per heavy atom. The fourth-order valence-electron chi connectivity index (χ4n) is 12.0. The molecule has 0 amide bonds. The zero-order chi connectivity index (χ0) is 54.9. The van der Waals surface area contributed by atoms with Crippen LogP contribution in [-0.4, -0.2) is 114 Å². The molecular formula is C61H81F3N6O8. The molecule has 6 heterocycles. The van der Waals surface area contributed by atoms with Crippen LogP contribution in [0.15, 0.2) is 30.5 Å². The molecule has 2 aromatic carbocycles. The van der Waals surface area contributed by atoms with Crippen LogP contribution in [-0.2, 0) is 23.8 Å². The van der Waals surface area contributed by atoms with Gasteiger partial charge in [-0.1, -0.05) is 129 Å². The Hall–Kier alpha value is -5.73. The van der Waals surface area contributed by atoms with Gasteiger partial charge < -0.3 is 33.9 Å². The highest BCUT2D eigenvalue weighted by Gasteiger charge is 2.49. The lowest BCUT2D eigenvalue weighted by Crippen LogP contribution is -2.51. The first-order valence-corrected chi connectivity index (χ1v) is 29.3. The van der Waals surface area contributed by atoms with E-state index in [-0.39, 0.29) is 71.0 Å². The third-order valence-electron chi connectivity index (χ3n) is 16.1. The zero-order valence-electron chi connectivity index (χ0n) is 46.0. The average Bonchev–Trinajstić information content (AvgIpc) is 4.21. The van der Waals surface area contributed by atoms with Crippen LogP contribution in [0.3, 0.4) is 0 Å². The summed E-state index contributed by atoms with van der Waals surface area (Å²) in [5.74, 6) is 0.160. The van der Waals surface area contributed by atoms with Gasteiger partial charge >= 0.3 is 24.1 Å². The first-order chi connectivity index (χ1) is 38.0. The summed E-state index contributed by atoms with van der Waals surface area (Å²) in [5.41, 5.74) is -1.06. The number of hydrogen-bond acceptors (Lipinski definition) is 14. The van der Waals surface area contributed by atoms with E-state index in [4.69, 9.17) is 35.1 Å². The number of anilines is 1. The van der Waals surface area contributed by atoms with E-state index in [9.17, 15) is 18.8 Å². The lowest BCUT2D eigenvalue weighted by atomic mass is 9.95. The molecule has 4 fully saturated rings. The molecule has 0 aliphatic carbocycles. The molecule has 78 heavy (non-hydrogen) atoms. The number of halogens is 3. The number of rotatable bonds is 31. The van der Waals surface area contributed by atoms with Crippen LogP contribution in [0, 0.1) is 24.0 Å². The number of unbranched alkanes of at least 4 members (excludes halogenated alkanes) is 16. The van der Waals surface area contributed by atoms with Gasteiger partial charge in [-0.05, 0) is 68.7 Å². The van der Waals surface area contributed by atoms with Crippen molar-refractivity contribution in [3.63, 3.8) is 0 Å². The summed E-state index contributed by atoms with van der Waals surface area (Å²) in [7, 11) is 0. The number of esters is 2. The number of terminal acetylenes is 1. The van der Waals surface area contributed by atoms with Crippen molar-refractivity contribution >= 4 is 45.6 Å². The average molecular weight is 1080 g/mol. The molecule has 1 N–H and O–H groups in total. The summed E-state index contributed by atoms with van der Waals surface area (Å²) in [6.07, 6.45) is 27.8. The van der Waals surface area contributed by atoms with Gasteiger partial charge in [-0.2, -0.15) is 9.97 Å². The fourth-order valence-corrected chi connectivity index (χ4v) is 12.0. The highest BCUT2D eigenvalue weighted by molar-refractivity contribution is 6.03. The van der Waals surface area contributed by atoms with Crippen LogP contribution in [0.4, 0.5) is 23.8 Å². The van der Waals surface area contributed by atoms with Crippen molar-refractivity contribution in [2.24, 2.45) is 0 Å². The SMILES string of the molecule is C#Cc1c(F)ccc2cc(OC(=O)OC(COC(=O)CCCCCCCCCCC)COC(=O)CCCCCCCCCCC)cc(-c3ncc4c(N5CC6CCC(C5)N6)nc(OC[C@@]56CCCN5C[C@H](F)C6)nc4c3F)c12. The van der Waals surface area contributed by atoms with E-state index in [0.29, 0.717) is 55.5 Å². The Morgan fingerprint density at radius 3 is 2.05 bits per heavy atom. The Balaban J connectivity index is 1.01. The van der Waals surface area contributed by atoms with Gasteiger partial charge in [-0.3, -0.25) is 19.5 Å². The highest BCUT2D eigenvalue weighted by atomic mass is 19.1. The van der Waals surface area contributed by atoms with Crippen LogP contribution in [0.25, 0.3) is 32.9 Å². The molecule has 4 saturated heterocycles. The van der Waals surface area contributed by atoms with E-state index in [2.05, 4.69) is 44.9 Å². The molecule has 4 aliphatic heterocycles. The maximum atomic E-state index is 17.7. The van der Waals surface area contributed by atoms with Gasteiger partial charge in [0.1, 0.15) is 54.6 Å². The number of alkyl halides is 1. The second-order valence-corrected chi connectivity index (χ2v) is 22.2. The lowest BCUT2D eigenvalue weighted by molar-refractivity contribution is -0.153. The van der Waals surface area contributed by atoms with E-state index < -0.39 is 60.8 Å². The summed E-state index contributed by atoms with van der Waals surface area (Å²) in [6, 6.07) is 5.71. The van der Waals surface area contributed by atoms with E-state index in [1.165, 1.54) is 94.7 Å². The number of carbonyl (C=O) groups excluding carboxylic acids is 3. The third-order valence-corrected chi connectivity index (χ3v) is 16.1. The molecule has 424 valence electrons. The predicted molar refractivity (Wildman–Crippen MR) is 295 cm³/mol. The minimum absolute atomic E-state index is 0.00202. The number of carbonyl (C=O) groups is 3. The van der Waals surface area contributed by atoms with Crippen LogP contribution in [0.1, 0.15) is 180 Å². The molecule has 17 heteroatoms. The molecular weight excluding hydrogens is 1000 g/mol. The quantitative estimate of drug-likeness (QED) is 0.0167. The molecule has 2 aromatic heterocycles. The smallest absolute Gasteiger partial charge is 0.462 e. The normalized spacial score (nSPS) is 19.9. The molecule has 4 aliphatic rings. The number of piperazine rings is 1. The molecule has 2 bridgehead atoms. The number of ether oxygens (including phenoxy) is 5. The molecule has 0 radical (unpaired) electrons. The van der Waals surface area contributed by atoms with Crippen molar-refractivity contribution in [3.05, 3.63) is 47.7 Å². The van der Waals surface area contributed by atoms with Crippen molar-refractivity contribution in [1.82, 2.24) is 25.2 Å². The Labute approximate surface area is 458 Å². The lowest BCUT2D eigenvalue weighted by Gasteiger charge is -2.34. The van der Waals surface area contributed by atoms with Crippen molar-refractivity contribution < 1.29 is 51.2 Å². The maximum absolute atomic E-state index is 17.7. The van der Waals surface area contributed by atoms with Crippen LogP contribution in [0.2, 0.25) is 0 Å². The van der Waals surface area contributed by atoms with Gasteiger partial charge in [0.15, 0.2) is 11.9 Å². The van der Waals surface area contributed by atoms with Crippen LogP contribution < -0.4 is 19.7 Å². The summed E-state index contributed by atoms with van der Waals surface area (Å²) >= 11 is 0. The Bertz CT molecular complexity index is 2660. The van der Waals surface area contributed by atoms with E-state index in [0.717, 1.165) is 70.8 Å². The van der Waals surface area contributed by atoms with Gasteiger partial charge in [-0.15, -0.1) is 6.42 Å². The number of pyridine rings is 1. The maximum Gasteiger partial charge on any atom is 0.514 e. The van der Waals surface area contributed by atoms with Crippen molar-refractivity contribution in [1.29, 1.82) is 0 Å². The Morgan fingerprint density at radius 1 is 0.821 bits per heavy atom. The van der Waals surface area contributed by atoms with E-state index in [1.807, 2.05) is 0 Å². The van der Waals surface area contributed by atoms with Crippen LogP contribution >= 0.6 is 0 Å². The van der Waals surface area contributed by atoms with Gasteiger partial charge in [0.25, 0.3) is 0 Å². The van der Waals surface area contributed by atoms with Gasteiger partial charge in [0.05, 0.1) is 16.5 Å². The summed E-state index contributed by atoms with van der Waals surface area (Å²) in [4.78, 5) is 58.0. The van der Waals surface area contributed by atoms with E-state index >= 15 is 8.78 Å². The number of nitrogens with one attached hydrogen (secondary N) is 1. The summed E-state index contributed by atoms with van der Waals surface area (Å²) in [5, 5.41) is 4.38. The highest BCUT2D eigenvalue weighted by Crippen LogP contribution is 2.42. The molecule has 4 aromatic rings. The molecule has 0 saturated carbocycles. The van der Waals surface area contributed by atoms with Gasteiger partial charge in [0.2, 0.25) is 0 Å². The van der Waals surface area contributed by atoms with Crippen molar-refractivity contribution in [2.45, 2.75) is 204 Å². The number of fused-ring (bicyclic) bond motifs is 5. The number of hydrogen-bond donors (Lipinski definition) is 1. The summed E-state index contributed by atoms with van der Waals surface area (Å²) in [6.45, 7) is 6.06. The second kappa shape index (κ2) is 28.9. The standard InChI is InChI=1S/C61H81F3N6O8/c1-4-7-9-11-13-15-17-19-21-24-52(71)74-39-47(40-75-53(72)25-22-20-18-16-14-12-10-8-5-2)78-60(73)77-46-32-42-26-29-51(63)48(6-3)54(42)49(33-46)56-55(64)57-50(35-65-56)58(69-37-44-27-28-45(38-69)66-44)68-59(67-57)76-41-61-30-23-31-70(61)36-43(62)34-61/h3,26,29,32-33,35,43-45,47,66H,4-5,7-25,27-28,30-31,34,36-41H2,1-2H3/t43-,44?,45?,61+/m1/s1. The van der Waals surface area contributed by atoms with E-state index in [1.54, 1.807) is 0 Å². The van der Waals surface area contributed by atoms with Crippen molar-refractivity contribution in [2.75, 3.05) is 50.9 Å². The number of nitrogens with zero attached hydrogens (tertiary/aromatic N) is 5. The predicted octanol–water partition coefficient (Wildman–Crippen LogP) is 12.8. The molecule has 8 rings (SSSR count). The molecule has 0 spiro atoms. The number of aromatic nitrogens is 3. The molecule has 14 nitrogen and oxygen atoms in total. The topological polar surface area (TPSA) is 155 Å². The monoisotopic (exact) mass is 1080 g/mol. The second-order valence-electron chi connectivity index (χ2n) is 22.2. The van der Waals surface area contributed by atoms with Crippen molar-refractivity contribution in [3.8, 4) is 35.4 Å².